The Morgan fingerprint density at radius 1 is 0.721 bits per heavy atom. The number of fused-ring (bicyclic) bond motifs is 7. The van der Waals surface area contributed by atoms with Gasteiger partial charge in [-0.05, 0) is 111 Å². The third kappa shape index (κ3) is 8.39. The molecule has 0 spiro atoms. The average molecular weight is 967 g/mol. The summed E-state index contributed by atoms with van der Waals surface area (Å²) >= 11 is 0. The number of aliphatic hydroxyl groups is 6. The highest BCUT2D eigenvalue weighted by Crippen LogP contribution is 2.76. The Balaban J connectivity index is 1.09. The Kier molecular flexibility index (Phi) is 14.2. The molecule has 8 rings (SSSR count). The molecule has 3 aliphatic heterocycles. The molecule has 3 saturated heterocycles. The molecule has 22 atom stereocenters. The number of carbonyl (C=O) groups excluding carboxylic acids is 2. The molecule has 68 heavy (non-hydrogen) atoms. The summed E-state index contributed by atoms with van der Waals surface area (Å²) in [5.41, 5.74) is -0.817. The fraction of sp³-hybridized carbons (Fsp3) is 0.900. The van der Waals surface area contributed by atoms with Gasteiger partial charge in [-0.2, -0.15) is 0 Å². The van der Waals surface area contributed by atoms with Gasteiger partial charge in [0.1, 0.15) is 42.7 Å². The molecule has 18 nitrogen and oxygen atoms in total. The summed E-state index contributed by atoms with van der Waals surface area (Å²) < 4.78 is 48.7. The molecule has 386 valence electrons. The van der Waals surface area contributed by atoms with Crippen LogP contribution in [0.1, 0.15) is 127 Å². The number of carboxylic acid groups (broad SMARTS) is 1. The number of allylic oxidation sites excluding steroid dienone is 2. The number of ether oxygens (including phenoxy) is 8. The molecule has 0 aromatic heterocycles. The van der Waals surface area contributed by atoms with Gasteiger partial charge < -0.3 is 73.6 Å². The van der Waals surface area contributed by atoms with Crippen LogP contribution in [0.3, 0.4) is 0 Å². The maximum atomic E-state index is 13.2. The van der Waals surface area contributed by atoms with Crippen LogP contribution < -0.4 is 0 Å². The van der Waals surface area contributed by atoms with Gasteiger partial charge in [-0.15, -0.1) is 0 Å². The molecule has 8 aliphatic rings. The summed E-state index contributed by atoms with van der Waals surface area (Å²) in [6.45, 7) is 16.3. The van der Waals surface area contributed by atoms with Gasteiger partial charge in [0.2, 0.25) is 0 Å². The lowest BCUT2D eigenvalue weighted by Gasteiger charge is -2.71. The summed E-state index contributed by atoms with van der Waals surface area (Å²) in [6.07, 6.45) is -9.35. The molecule has 7 N–H and O–H groups in total. The second-order valence-electron chi connectivity index (χ2n) is 23.5. The second-order valence-corrected chi connectivity index (χ2v) is 23.5. The van der Waals surface area contributed by atoms with Crippen LogP contribution >= 0.6 is 0 Å². The second kappa shape index (κ2) is 18.6. The third-order valence-corrected chi connectivity index (χ3v) is 19.3. The van der Waals surface area contributed by atoms with Crippen molar-refractivity contribution in [1.29, 1.82) is 0 Å². The number of carbonyl (C=O) groups is 3. The molecule has 22 unspecified atom stereocenters. The first kappa shape index (κ1) is 52.0. The maximum Gasteiger partial charge on any atom is 0.310 e. The lowest BCUT2D eigenvalue weighted by atomic mass is 9.33. The first-order valence-corrected chi connectivity index (χ1v) is 24.9. The molecule has 0 aromatic rings. The van der Waals surface area contributed by atoms with Crippen molar-refractivity contribution in [2.24, 2.45) is 50.2 Å². The highest BCUT2D eigenvalue weighted by atomic mass is 16.8. The summed E-state index contributed by atoms with van der Waals surface area (Å²) in [6, 6.07) is 0. The quantitative estimate of drug-likeness (QED) is 0.0891. The van der Waals surface area contributed by atoms with Crippen molar-refractivity contribution in [3.8, 4) is 0 Å². The minimum absolute atomic E-state index is 0.0227. The highest BCUT2D eigenvalue weighted by molar-refractivity contribution is 5.76. The Bertz CT molecular complexity index is 1930. The molecule has 18 heteroatoms. The predicted molar refractivity (Wildman–Crippen MR) is 238 cm³/mol. The lowest BCUT2D eigenvalue weighted by Crippen LogP contribution is -2.67. The van der Waals surface area contributed by atoms with E-state index in [1.165, 1.54) is 12.5 Å². The Morgan fingerprint density at radius 3 is 2.03 bits per heavy atom. The van der Waals surface area contributed by atoms with Gasteiger partial charge in [0.15, 0.2) is 31.1 Å². The van der Waals surface area contributed by atoms with Crippen LogP contribution in [0.25, 0.3) is 0 Å². The van der Waals surface area contributed by atoms with E-state index in [4.69, 9.17) is 37.9 Å². The van der Waals surface area contributed by atoms with E-state index in [-0.39, 0.29) is 52.6 Å². The van der Waals surface area contributed by atoms with Gasteiger partial charge in [0, 0.05) is 19.3 Å². The zero-order valence-corrected chi connectivity index (χ0v) is 41.2. The average Bonchev–Trinajstić information content (AvgIpc) is 3.58. The van der Waals surface area contributed by atoms with Crippen molar-refractivity contribution in [1.82, 2.24) is 0 Å². The van der Waals surface area contributed by atoms with E-state index in [0.717, 1.165) is 58.8 Å². The first-order chi connectivity index (χ1) is 31.8. The molecule has 7 fully saturated rings. The van der Waals surface area contributed by atoms with E-state index in [2.05, 4.69) is 40.7 Å². The number of rotatable bonds is 11. The number of hydrogen-bond donors (Lipinski definition) is 7. The molecular formula is C50H78O18. The van der Waals surface area contributed by atoms with Gasteiger partial charge in [-0.25, -0.2) is 0 Å². The zero-order valence-electron chi connectivity index (χ0n) is 41.2. The van der Waals surface area contributed by atoms with Crippen LogP contribution in [0, 0.1) is 50.2 Å². The highest BCUT2D eigenvalue weighted by Gasteiger charge is 2.70. The molecule has 0 aromatic carbocycles. The van der Waals surface area contributed by atoms with Gasteiger partial charge in [0.05, 0.1) is 37.4 Å². The fourth-order valence-corrected chi connectivity index (χ4v) is 15.2. The zero-order chi connectivity index (χ0) is 49.7. The van der Waals surface area contributed by atoms with Crippen molar-refractivity contribution < 1.29 is 88.0 Å². The number of aliphatic hydroxyl groups excluding tert-OH is 6. The predicted octanol–water partition coefficient (Wildman–Crippen LogP) is 3.13. The number of aliphatic carboxylic acids is 1. The van der Waals surface area contributed by atoms with Crippen LogP contribution in [0.5, 0.6) is 0 Å². The van der Waals surface area contributed by atoms with Crippen molar-refractivity contribution >= 4 is 17.9 Å². The van der Waals surface area contributed by atoms with Crippen molar-refractivity contribution in [3.05, 3.63) is 11.6 Å². The third-order valence-electron chi connectivity index (χ3n) is 19.3. The minimum Gasteiger partial charge on any atom is -0.481 e. The van der Waals surface area contributed by atoms with Crippen LogP contribution in [-0.2, 0) is 52.3 Å². The van der Waals surface area contributed by atoms with Crippen molar-refractivity contribution in [2.75, 3.05) is 19.8 Å². The Labute approximate surface area is 399 Å². The SMILES string of the molecule is CC(=O)OC1C(CO)OC(OC2C(O)COC(OC3CCC4(C)C(CCC5(C)C4CC=C4C6CC(C)(C)CCC6(C(=O)O)CCC45C)C3(C)CO)C2OC2OC(C)C(O)C(O)C2O)C1OC(C)=O. The van der Waals surface area contributed by atoms with Crippen LogP contribution in [-0.4, -0.2) is 159 Å². The molecular weight excluding hydrogens is 889 g/mol. The maximum absolute atomic E-state index is 13.2. The number of hydrogen-bond acceptors (Lipinski definition) is 17. The first-order valence-electron chi connectivity index (χ1n) is 24.9. The summed E-state index contributed by atoms with van der Waals surface area (Å²) in [7, 11) is 0. The monoisotopic (exact) mass is 967 g/mol. The van der Waals surface area contributed by atoms with Gasteiger partial charge in [0.25, 0.3) is 0 Å². The van der Waals surface area contributed by atoms with E-state index in [1.54, 1.807) is 0 Å². The minimum atomic E-state index is -1.78. The normalized spacial score (nSPS) is 50.9. The lowest BCUT2D eigenvalue weighted by molar-refractivity contribution is -0.378. The number of esters is 2. The van der Waals surface area contributed by atoms with Crippen molar-refractivity contribution in [3.63, 3.8) is 0 Å². The van der Waals surface area contributed by atoms with Gasteiger partial charge >= 0.3 is 17.9 Å². The summed E-state index contributed by atoms with van der Waals surface area (Å²) in [4.78, 5) is 37.7. The molecule has 5 aliphatic carbocycles. The Morgan fingerprint density at radius 2 is 1.38 bits per heavy atom. The van der Waals surface area contributed by atoms with E-state index in [0.29, 0.717) is 19.3 Å². The molecule has 0 radical (unpaired) electrons. The van der Waals surface area contributed by atoms with Crippen LogP contribution in [0.4, 0.5) is 0 Å². The topological polar surface area (TPSA) is 267 Å². The van der Waals surface area contributed by atoms with Crippen LogP contribution in [0.15, 0.2) is 11.6 Å². The molecule has 4 saturated carbocycles. The van der Waals surface area contributed by atoms with E-state index in [9.17, 15) is 50.1 Å². The Hall–Kier alpha value is -2.33. The summed E-state index contributed by atoms with van der Waals surface area (Å²) in [5.74, 6) is -2.01. The van der Waals surface area contributed by atoms with Crippen molar-refractivity contribution in [2.45, 2.75) is 213 Å². The van der Waals surface area contributed by atoms with Crippen LogP contribution in [0.2, 0.25) is 0 Å². The van der Waals surface area contributed by atoms with E-state index < -0.39 is 121 Å². The molecule has 3 heterocycles. The van der Waals surface area contributed by atoms with E-state index >= 15 is 0 Å². The smallest absolute Gasteiger partial charge is 0.310 e. The van der Waals surface area contributed by atoms with E-state index in [1.807, 2.05) is 6.92 Å². The summed E-state index contributed by atoms with van der Waals surface area (Å²) in [5, 5.41) is 76.8. The van der Waals surface area contributed by atoms with Gasteiger partial charge in [-0.1, -0.05) is 53.2 Å². The van der Waals surface area contributed by atoms with Gasteiger partial charge in [-0.3, -0.25) is 14.4 Å². The fourth-order valence-electron chi connectivity index (χ4n) is 15.2. The molecule has 0 bridgehead atoms. The molecule has 0 amide bonds. The standard InChI is InChI=1S/C50H78O18/c1-24-34(56)35(57)36(58)41(62-24)68-39-37(67-43-40(64-26(3)54)38(63-25(2)53)30(21-51)65-43)29(55)22-61-42(39)66-33-13-14-46(6)31(47(33,7)23-52)12-15-49(9)32(46)11-10-27-28-20-45(4,5)16-18-50(28,44(59)60)19-17-48(27,49)8/h10,24,28-43,51-52,55-58H,11-23H2,1-9H3,(H,59,60). The largest absolute Gasteiger partial charge is 0.481 e. The number of carboxylic acids is 1.